The molecular weight excluding hydrogens is 251 g/mol. The van der Waals surface area contributed by atoms with Crippen LogP contribution < -0.4 is 5.32 Å². The molecule has 96 valence electrons. The first kappa shape index (κ1) is 14.2. The Balaban J connectivity index is 2.62. The predicted molar refractivity (Wildman–Crippen MR) is 62.1 cm³/mol. The van der Waals surface area contributed by atoms with Crippen molar-refractivity contribution in [3.8, 4) is 0 Å². The number of hydrogen-bond donors (Lipinski definition) is 1. The van der Waals surface area contributed by atoms with Gasteiger partial charge >= 0.3 is 6.18 Å². The second-order valence-corrected chi connectivity index (χ2v) is 5.16. The highest BCUT2D eigenvalue weighted by atomic mass is 32.2. The number of nitrogens with one attached hydrogen (secondary N) is 1. The molecule has 0 radical (unpaired) electrons. The summed E-state index contributed by atoms with van der Waals surface area (Å²) in [6, 6.07) is 5.45. The van der Waals surface area contributed by atoms with Crippen molar-refractivity contribution >= 4 is 10.8 Å². The molecule has 0 heterocycles. The maximum absolute atomic E-state index is 12.6. The molecule has 1 aromatic rings. The summed E-state index contributed by atoms with van der Waals surface area (Å²) in [5, 5.41) is 2.85. The van der Waals surface area contributed by atoms with Crippen molar-refractivity contribution in [3.05, 3.63) is 35.4 Å². The van der Waals surface area contributed by atoms with Crippen LogP contribution in [0.5, 0.6) is 0 Å². The largest absolute Gasteiger partial charge is 0.416 e. The van der Waals surface area contributed by atoms with E-state index < -0.39 is 22.5 Å². The van der Waals surface area contributed by atoms with Crippen LogP contribution in [0.3, 0.4) is 0 Å². The molecule has 1 aromatic carbocycles. The Kier molecular flexibility index (Phi) is 5.14. The Morgan fingerprint density at radius 3 is 2.53 bits per heavy atom. The van der Waals surface area contributed by atoms with Gasteiger partial charge in [-0.15, -0.1) is 0 Å². The predicted octanol–water partition coefficient (Wildman–Crippen LogP) is 2.17. The van der Waals surface area contributed by atoms with E-state index in [1.165, 1.54) is 12.1 Å². The summed E-state index contributed by atoms with van der Waals surface area (Å²) in [5.74, 6) is 0.439. The van der Waals surface area contributed by atoms with Gasteiger partial charge in [0.2, 0.25) is 0 Å². The van der Waals surface area contributed by atoms with Crippen LogP contribution in [0.2, 0.25) is 0 Å². The fraction of sp³-hybridized carbons (Fsp3) is 0.455. The van der Waals surface area contributed by atoms with E-state index in [1.54, 1.807) is 12.3 Å². The van der Waals surface area contributed by atoms with Crippen LogP contribution in [0.15, 0.2) is 24.3 Å². The van der Waals surface area contributed by atoms with Gasteiger partial charge in [-0.2, -0.15) is 13.2 Å². The molecule has 0 bridgehead atoms. The molecule has 0 aromatic heterocycles. The molecule has 0 spiro atoms. The zero-order valence-electron chi connectivity index (χ0n) is 9.38. The summed E-state index contributed by atoms with van der Waals surface area (Å²) >= 11 is 0. The number of benzene rings is 1. The topological polar surface area (TPSA) is 29.1 Å². The quantitative estimate of drug-likeness (QED) is 0.827. The Hall–Kier alpha value is -0.880. The van der Waals surface area contributed by atoms with Crippen LogP contribution in [-0.4, -0.2) is 22.8 Å². The average Bonchev–Trinajstić information content (AvgIpc) is 2.23. The zero-order chi connectivity index (χ0) is 12.9. The van der Waals surface area contributed by atoms with Gasteiger partial charge in [-0.1, -0.05) is 18.2 Å². The summed E-state index contributed by atoms with van der Waals surface area (Å²) in [6.45, 7) is 0.572. The lowest BCUT2D eigenvalue weighted by molar-refractivity contribution is -0.138. The van der Waals surface area contributed by atoms with E-state index >= 15 is 0 Å². The first-order valence-corrected chi connectivity index (χ1v) is 6.80. The maximum atomic E-state index is 12.6. The van der Waals surface area contributed by atoms with E-state index in [2.05, 4.69) is 5.32 Å². The smallest absolute Gasteiger partial charge is 0.312 e. The number of alkyl halides is 3. The number of rotatable bonds is 5. The molecule has 17 heavy (non-hydrogen) atoms. The van der Waals surface area contributed by atoms with Gasteiger partial charge in [-0.25, -0.2) is 0 Å². The molecule has 1 unspecified atom stereocenters. The molecule has 0 amide bonds. The van der Waals surface area contributed by atoms with Gasteiger partial charge in [0.05, 0.1) is 5.56 Å². The molecule has 1 N–H and O–H groups in total. The SMILES string of the molecule is CS(=O)CCNCc1ccccc1C(F)(F)F. The lowest BCUT2D eigenvalue weighted by atomic mass is 10.1. The van der Waals surface area contributed by atoms with Gasteiger partial charge in [-0.3, -0.25) is 4.21 Å². The minimum absolute atomic E-state index is 0.132. The fourth-order valence-electron chi connectivity index (χ4n) is 1.39. The molecule has 0 saturated heterocycles. The molecular formula is C11H14F3NOS. The van der Waals surface area contributed by atoms with Gasteiger partial charge < -0.3 is 5.32 Å². The van der Waals surface area contributed by atoms with Crippen LogP contribution in [0, 0.1) is 0 Å². The third-order valence-electron chi connectivity index (χ3n) is 2.20. The van der Waals surface area contributed by atoms with Gasteiger partial charge in [0.1, 0.15) is 0 Å². The molecule has 0 saturated carbocycles. The molecule has 0 fully saturated rings. The van der Waals surface area contributed by atoms with E-state index in [1.807, 2.05) is 0 Å². The fourth-order valence-corrected chi connectivity index (χ4v) is 1.82. The van der Waals surface area contributed by atoms with Crippen molar-refractivity contribution in [2.24, 2.45) is 0 Å². The normalized spacial score (nSPS) is 13.6. The van der Waals surface area contributed by atoms with Gasteiger partial charge in [0, 0.05) is 35.9 Å². The van der Waals surface area contributed by atoms with Gasteiger partial charge in [-0.05, 0) is 11.6 Å². The molecule has 6 heteroatoms. The Morgan fingerprint density at radius 1 is 1.29 bits per heavy atom. The third-order valence-corrected chi connectivity index (χ3v) is 2.98. The van der Waals surface area contributed by atoms with Crippen molar-refractivity contribution in [1.82, 2.24) is 5.32 Å². The molecule has 2 nitrogen and oxygen atoms in total. The first-order chi connectivity index (χ1) is 7.91. The van der Waals surface area contributed by atoms with E-state index in [0.717, 1.165) is 6.07 Å². The average molecular weight is 265 g/mol. The summed E-state index contributed by atoms with van der Waals surface area (Å²) in [4.78, 5) is 0. The van der Waals surface area contributed by atoms with Crippen LogP contribution >= 0.6 is 0 Å². The van der Waals surface area contributed by atoms with Crippen molar-refractivity contribution in [3.63, 3.8) is 0 Å². The molecule has 0 aliphatic carbocycles. The summed E-state index contributed by atoms with van der Waals surface area (Å²) in [7, 11) is -0.931. The molecule has 1 rings (SSSR count). The van der Waals surface area contributed by atoms with E-state index in [0.29, 0.717) is 12.3 Å². The zero-order valence-corrected chi connectivity index (χ0v) is 10.2. The monoisotopic (exact) mass is 265 g/mol. The van der Waals surface area contributed by atoms with Crippen LogP contribution in [0.25, 0.3) is 0 Å². The Labute approximate surface area is 101 Å². The molecule has 1 atom stereocenters. The van der Waals surface area contributed by atoms with Crippen LogP contribution in [0.1, 0.15) is 11.1 Å². The summed E-state index contributed by atoms with van der Waals surface area (Å²) in [6.07, 6.45) is -2.77. The maximum Gasteiger partial charge on any atom is 0.416 e. The number of hydrogen-bond acceptors (Lipinski definition) is 2. The van der Waals surface area contributed by atoms with E-state index in [-0.39, 0.29) is 12.1 Å². The Bertz CT molecular complexity index is 393. The van der Waals surface area contributed by atoms with Gasteiger partial charge in [0.15, 0.2) is 0 Å². The highest BCUT2D eigenvalue weighted by Crippen LogP contribution is 2.31. The van der Waals surface area contributed by atoms with Crippen LogP contribution in [-0.2, 0) is 23.5 Å². The van der Waals surface area contributed by atoms with E-state index in [4.69, 9.17) is 0 Å². The minimum Gasteiger partial charge on any atom is -0.312 e. The second-order valence-electron chi connectivity index (χ2n) is 3.61. The minimum atomic E-state index is -4.33. The van der Waals surface area contributed by atoms with Crippen molar-refractivity contribution in [2.75, 3.05) is 18.6 Å². The van der Waals surface area contributed by atoms with Crippen molar-refractivity contribution < 1.29 is 17.4 Å². The van der Waals surface area contributed by atoms with Crippen molar-refractivity contribution in [1.29, 1.82) is 0 Å². The standard InChI is InChI=1S/C11H14F3NOS/c1-17(16)7-6-15-8-9-4-2-3-5-10(9)11(12,13)14/h2-5,15H,6-8H2,1H3. The van der Waals surface area contributed by atoms with E-state index in [9.17, 15) is 17.4 Å². The summed E-state index contributed by atoms with van der Waals surface area (Å²) in [5.41, 5.74) is -0.410. The molecule has 0 aliphatic heterocycles. The second kappa shape index (κ2) is 6.16. The Morgan fingerprint density at radius 2 is 1.94 bits per heavy atom. The summed E-state index contributed by atoms with van der Waals surface area (Å²) < 4.78 is 48.6. The highest BCUT2D eigenvalue weighted by molar-refractivity contribution is 7.84. The lowest BCUT2D eigenvalue weighted by Gasteiger charge is -2.12. The lowest BCUT2D eigenvalue weighted by Crippen LogP contribution is -2.21. The van der Waals surface area contributed by atoms with Gasteiger partial charge in [0.25, 0.3) is 0 Å². The molecule has 0 aliphatic rings. The number of halogens is 3. The highest BCUT2D eigenvalue weighted by Gasteiger charge is 2.32. The van der Waals surface area contributed by atoms with Crippen molar-refractivity contribution in [2.45, 2.75) is 12.7 Å². The van der Waals surface area contributed by atoms with Crippen LogP contribution in [0.4, 0.5) is 13.2 Å². The first-order valence-electron chi connectivity index (χ1n) is 5.07. The third kappa shape index (κ3) is 4.87.